The minimum atomic E-state index is -2.37. The van der Waals surface area contributed by atoms with Gasteiger partial charge < -0.3 is 88.1 Å². The van der Waals surface area contributed by atoms with Crippen LogP contribution in [0.5, 0.6) is 11.5 Å². The molecule has 26 heteroatoms. The third kappa shape index (κ3) is 19.0. The van der Waals surface area contributed by atoms with Crippen LogP contribution in [0, 0.1) is 11.8 Å². The molecule has 2 aromatic rings. The summed E-state index contributed by atoms with van der Waals surface area (Å²) in [5.41, 5.74) is 5.30. The molecular formula is C56H84N8O17S. The van der Waals surface area contributed by atoms with Crippen LogP contribution in [-0.4, -0.2) is 194 Å². The number of nitrogens with two attached hydrogens (primary N) is 1. The molecular weight excluding hydrogens is 1090 g/mol. The molecule has 0 aliphatic carbocycles. The number of hydrogen-bond donors (Lipinski definition) is 15. The number of amides is 8. The number of carbonyl (C=O) groups is 8. The summed E-state index contributed by atoms with van der Waals surface area (Å²) in [4.78, 5) is 115. The van der Waals surface area contributed by atoms with E-state index in [1.54, 1.807) is 0 Å². The predicted octanol–water partition coefficient (Wildman–Crippen LogP) is -0.836. The van der Waals surface area contributed by atoms with Gasteiger partial charge in [-0.05, 0) is 73.9 Å². The number of unbranched alkanes of at least 4 members (excludes halogenated alkanes) is 5. The lowest BCUT2D eigenvalue weighted by Gasteiger charge is -2.34. The minimum Gasteiger partial charge on any atom is -0.508 e. The van der Waals surface area contributed by atoms with E-state index < -0.39 is 164 Å². The van der Waals surface area contributed by atoms with Crippen LogP contribution in [0.3, 0.4) is 0 Å². The van der Waals surface area contributed by atoms with Crippen LogP contribution >= 0.6 is 11.8 Å². The third-order valence-electron chi connectivity index (χ3n) is 15.4. The lowest BCUT2D eigenvalue weighted by molar-refractivity contribution is -0.148. The number of hydrogen-bond acceptors (Lipinski definition) is 18. The molecule has 0 spiro atoms. The lowest BCUT2D eigenvalue weighted by atomic mass is 9.91. The second-order valence-electron chi connectivity index (χ2n) is 22.2. The first-order valence-electron chi connectivity index (χ1n) is 28.2. The van der Waals surface area contributed by atoms with E-state index in [4.69, 9.17) is 5.73 Å². The standard InChI is InChI=1S/C56H84N8O17S/c1-5-29(2)23-30(3)13-10-8-6-7-9-11-16-43(73)58-37-26-41(71)54(82-36-15-12-14-34(67)24-36)62-53(79)47-39(69)21-22-63(47)56(81)45(40(70)27-42(57)72)60-52(78)46(49(75)48(74)32-17-19-33(66)20-18-32)61-51(77)38-25-35(68)28-64(38)55(80)44(31(4)65)59-50(37)76/h12,14-15,17-20,24,29-31,35,37-41,44-49,54,65-71,74-75H,5-11,13,16,21-23,25-28H2,1-4H3,(H2,57,72)(H,58,73)(H,59,76)(H,60,78)(H,61,77)(H,62,79)/t29?,30?,31-,35-,37+,38+,39+,40-,41-,44+,45+,46+,47+,48+,49+,54-/m1/s1. The number of primary amides is 1. The highest BCUT2D eigenvalue weighted by Crippen LogP contribution is 2.31. The SMILES string of the molecule is CCC(C)CC(C)CCCCCCCCC(=O)N[C@H]1C[C@@H](O)[C@@H](Sc2cccc(O)c2)NC(=O)[C@@H]2[C@@H](O)CCN2C(=O)[C@H]([C@H](O)CC(N)=O)NC(=O)[C@H]([C@H](O)[C@@H](O)c2ccc(O)cc2)NC(=O)[C@@H]2C[C@@H](O)CN2C(=O)[C@H]([C@@H](C)O)NC1=O. The molecule has 3 aliphatic heterocycles. The highest BCUT2D eigenvalue weighted by atomic mass is 32.2. The molecule has 3 saturated heterocycles. The van der Waals surface area contributed by atoms with Crippen molar-refractivity contribution in [3.05, 3.63) is 54.1 Å². The first-order chi connectivity index (χ1) is 38.8. The van der Waals surface area contributed by atoms with Crippen molar-refractivity contribution < 1.29 is 84.3 Å². The summed E-state index contributed by atoms with van der Waals surface area (Å²) in [5, 5.41) is 111. The molecule has 16 N–H and O–H groups in total. The van der Waals surface area contributed by atoms with Gasteiger partial charge in [0.2, 0.25) is 47.3 Å². The normalized spacial score (nSPS) is 27.5. The zero-order valence-corrected chi connectivity index (χ0v) is 47.7. The van der Waals surface area contributed by atoms with Gasteiger partial charge in [-0.2, -0.15) is 0 Å². The summed E-state index contributed by atoms with van der Waals surface area (Å²) in [5.74, 6) is -8.49. The Balaban J connectivity index is 1.55. The Bertz CT molecular complexity index is 2490. The fourth-order valence-electron chi connectivity index (χ4n) is 10.6. The summed E-state index contributed by atoms with van der Waals surface area (Å²) < 4.78 is 0. The molecule has 0 radical (unpaired) electrons. The maximum Gasteiger partial charge on any atom is 0.248 e. The van der Waals surface area contributed by atoms with Crippen molar-refractivity contribution >= 4 is 59.0 Å². The Morgan fingerprint density at radius 1 is 0.720 bits per heavy atom. The molecule has 5 rings (SSSR count). The summed E-state index contributed by atoms with van der Waals surface area (Å²) in [6.45, 7) is 6.83. The summed E-state index contributed by atoms with van der Waals surface area (Å²) in [6.07, 6.45) is -7.44. The number of nitrogens with zero attached hydrogens (tertiary/aromatic N) is 2. The lowest BCUT2D eigenvalue weighted by Crippen LogP contribution is -2.64. The quantitative estimate of drug-likeness (QED) is 0.0640. The van der Waals surface area contributed by atoms with Crippen molar-refractivity contribution in [1.29, 1.82) is 0 Å². The van der Waals surface area contributed by atoms with Crippen LogP contribution in [0.25, 0.3) is 0 Å². The van der Waals surface area contributed by atoms with E-state index in [0.717, 1.165) is 79.1 Å². The summed E-state index contributed by atoms with van der Waals surface area (Å²) in [7, 11) is 0. The van der Waals surface area contributed by atoms with Crippen molar-refractivity contribution in [3.63, 3.8) is 0 Å². The number of fused-ring (bicyclic) bond motifs is 2. The molecule has 0 saturated carbocycles. The Hall–Kier alpha value is -6.13. The Morgan fingerprint density at radius 3 is 2.00 bits per heavy atom. The third-order valence-corrected chi connectivity index (χ3v) is 16.6. The maximum atomic E-state index is 14.7. The molecule has 456 valence electrons. The highest BCUT2D eigenvalue weighted by Gasteiger charge is 2.49. The van der Waals surface area contributed by atoms with Gasteiger partial charge in [-0.15, -0.1) is 0 Å². The number of thioether (sulfide) groups is 1. The van der Waals surface area contributed by atoms with Crippen LogP contribution in [0.2, 0.25) is 0 Å². The fourth-order valence-corrected chi connectivity index (χ4v) is 11.7. The largest absolute Gasteiger partial charge is 0.508 e. The molecule has 2 aromatic carbocycles. The van der Waals surface area contributed by atoms with Crippen molar-refractivity contribution in [2.24, 2.45) is 17.6 Å². The van der Waals surface area contributed by atoms with Gasteiger partial charge in [0.15, 0.2) is 0 Å². The molecule has 16 atom stereocenters. The second kappa shape index (κ2) is 31.5. The van der Waals surface area contributed by atoms with E-state index in [-0.39, 0.29) is 34.8 Å². The van der Waals surface area contributed by atoms with Gasteiger partial charge in [0.05, 0.1) is 36.9 Å². The molecule has 0 aromatic heterocycles. The average molecular weight is 1170 g/mol. The average Bonchev–Trinajstić information content (AvgIpc) is 4.12. The van der Waals surface area contributed by atoms with Gasteiger partial charge in [0, 0.05) is 37.2 Å². The van der Waals surface area contributed by atoms with Crippen molar-refractivity contribution in [1.82, 2.24) is 36.4 Å². The highest BCUT2D eigenvalue weighted by molar-refractivity contribution is 8.00. The van der Waals surface area contributed by atoms with Crippen molar-refractivity contribution in [2.45, 2.75) is 207 Å². The monoisotopic (exact) mass is 1170 g/mol. The molecule has 2 unspecified atom stereocenters. The van der Waals surface area contributed by atoms with E-state index in [1.165, 1.54) is 42.8 Å². The topological polar surface area (TPSA) is 411 Å². The number of benzene rings is 2. The van der Waals surface area contributed by atoms with Gasteiger partial charge in [0.25, 0.3) is 0 Å². The Morgan fingerprint density at radius 2 is 1.35 bits per heavy atom. The molecule has 3 heterocycles. The predicted molar refractivity (Wildman–Crippen MR) is 297 cm³/mol. The van der Waals surface area contributed by atoms with Crippen LogP contribution in [-0.2, 0) is 38.4 Å². The molecule has 8 amide bonds. The molecule has 25 nitrogen and oxygen atoms in total. The van der Waals surface area contributed by atoms with E-state index >= 15 is 0 Å². The Labute approximate surface area is 481 Å². The maximum absolute atomic E-state index is 14.7. The zero-order chi connectivity index (χ0) is 60.5. The fraction of sp³-hybridized carbons (Fsp3) is 0.643. The number of aliphatic hydroxyl groups is 7. The second-order valence-corrected chi connectivity index (χ2v) is 23.4. The number of carbonyl (C=O) groups excluding carboxylic acids is 8. The molecule has 3 fully saturated rings. The number of phenolic OH excluding ortho intramolecular Hbond substituents is 2. The first-order valence-corrected chi connectivity index (χ1v) is 29.1. The van der Waals surface area contributed by atoms with Gasteiger partial charge >= 0.3 is 0 Å². The summed E-state index contributed by atoms with van der Waals surface area (Å²) in [6, 6.07) is -1.65. The van der Waals surface area contributed by atoms with E-state index in [0.29, 0.717) is 24.7 Å². The van der Waals surface area contributed by atoms with Gasteiger partial charge in [-0.1, -0.05) is 95.7 Å². The first kappa shape index (κ1) is 66.7. The van der Waals surface area contributed by atoms with Crippen molar-refractivity contribution in [3.8, 4) is 11.5 Å². The number of rotatable bonds is 22. The molecule has 0 bridgehead atoms. The number of aliphatic hydroxyl groups excluding tert-OH is 7. The number of phenols is 2. The van der Waals surface area contributed by atoms with Crippen LogP contribution in [0.4, 0.5) is 0 Å². The smallest absolute Gasteiger partial charge is 0.248 e. The number of nitrogens with one attached hydrogen (secondary N) is 5. The van der Waals surface area contributed by atoms with Gasteiger partial charge in [0.1, 0.15) is 65.3 Å². The van der Waals surface area contributed by atoms with E-state index in [9.17, 15) is 84.3 Å². The number of aromatic hydroxyl groups is 2. The summed E-state index contributed by atoms with van der Waals surface area (Å²) >= 11 is 0.753. The van der Waals surface area contributed by atoms with Crippen LogP contribution in [0.1, 0.15) is 129 Å². The van der Waals surface area contributed by atoms with Gasteiger partial charge in [-0.25, -0.2) is 0 Å². The van der Waals surface area contributed by atoms with Gasteiger partial charge in [-0.3, -0.25) is 38.4 Å². The van der Waals surface area contributed by atoms with Crippen molar-refractivity contribution in [2.75, 3.05) is 13.1 Å². The van der Waals surface area contributed by atoms with E-state index in [2.05, 4.69) is 47.4 Å². The zero-order valence-electron chi connectivity index (χ0n) is 46.8. The Kier molecular flexibility index (Phi) is 25.6. The molecule has 3 aliphatic rings. The van der Waals surface area contributed by atoms with Crippen LogP contribution < -0.4 is 32.3 Å². The van der Waals surface area contributed by atoms with Crippen LogP contribution in [0.15, 0.2) is 53.4 Å². The minimum absolute atomic E-state index is 0.0666. The molecule has 82 heavy (non-hydrogen) atoms. The van der Waals surface area contributed by atoms with E-state index in [1.807, 2.05) is 0 Å².